The molecule has 0 atom stereocenters. The van der Waals surface area contributed by atoms with E-state index in [-0.39, 0.29) is 11.3 Å². The normalized spacial score (nSPS) is 11.5. The quantitative estimate of drug-likeness (QED) is 0.560. The van der Waals surface area contributed by atoms with Crippen molar-refractivity contribution in [1.29, 1.82) is 0 Å². The van der Waals surface area contributed by atoms with Crippen molar-refractivity contribution in [3.05, 3.63) is 65.0 Å². The van der Waals surface area contributed by atoms with Crippen LogP contribution in [0.1, 0.15) is 36.7 Å². The van der Waals surface area contributed by atoms with Crippen molar-refractivity contribution in [3.63, 3.8) is 0 Å². The number of likely N-dealkylation sites (N-methyl/N-ethyl adjacent to an activating group) is 1. The fraction of sp³-hybridized carbons (Fsp3) is 0.333. The van der Waals surface area contributed by atoms with Gasteiger partial charge in [0.2, 0.25) is 0 Å². The molecule has 1 N–H and O–H groups in total. The molecule has 3 rings (SSSR count). The number of carbonyl (C=O) groups excluding carboxylic acids is 1. The minimum Gasteiger partial charge on any atom is -0.492 e. The van der Waals surface area contributed by atoms with Crippen molar-refractivity contribution in [2.45, 2.75) is 26.2 Å². The van der Waals surface area contributed by atoms with Crippen molar-refractivity contribution in [2.24, 2.45) is 0 Å². The average Bonchev–Trinajstić information content (AvgIpc) is 3.16. The first-order valence-electron chi connectivity index (χ1n) is 9.98. The van der Waals surface area contributed by atoms with Gasteiger partial charge in [-0.25, -0.2) is 4.98 Å². The van der Waals surface area contributed by atoms with Crippen LogP contribution >= 0.6 is 11.3 Å². The zero-order valence-electron chi connectivity index (χ0n) is 18.2. The lowest BCUT2D eigenvalue weighted by atomic mass is 9.87. The molecule has 2 aromatic carbocycles. The van der Waals surface area contributed by atoms with Crippen molar-refractivity contribution in [3.8, 4) is 17.0 Å². The van der Waals surface area contributed by atoms with Gasteiger partial charge in [-0.15, -0.1) is 11.3 Å². The van der Waals surface area contributed by atoms with Crippen LogP contribution in [0.5, 0.6) is 5.75 Å². The van der Waals surface area contributed by atoms with Crippen LogP contribution in [0.4, 0.5) is 5.13 Å². The van der Waals surface area contributed by atoms with Gasteiger partial charge in [0.15, 0.2) is 5.13 Å². The Morgan fingerprint density at radius 1 is 1.10 bits per heavy atom. The summed E-state index contributed by atoms with van der Waals surface area (Å²) >= 11 is 1.41. The summed E-state index contributed by atoms with van der Waals surface area (Å²) < 4.78 is 5.94. The van der Waals surface area contributed by atoms with Gasteiger partial charge in [-0.1, -0.05) is 45.0 Å². The number of para-hydroxylation sites is 1. The van der Waals surface area contributed by atoms with E-state index in [9.17, 15) is 4.79 Å². The molecule has 1 amide bonds. The number of carbonyl (C=O) groups is 1. The lowest BCUT2D eigenvalue weighted by Crippen LogP contribution is -2.19. The van der Waals surface area contributed by atoms with E-state index in [0.29, 0.717) is 17.3 Å². The van der Waals surface area contributed by atoms with Crippen LogP contribution in [0.25, 0.3) is 11.3 Å². The minimum atomic E-state index is -0.160. The molecule has 30 heavy (non-hydrogen) atoms. The molecule has 5 nitrogen and oxygen atoms in total. The maximum Gasteiger partial charge on any atom is 0.257 e. The van der Waals surface area contributed by atoms with E-state index in [2.05, 4.69) is 36.0 Å². The van der Waals surface area contributed by atoms with Crippen molar-refractivity contribution < 1.29 is 9.53 Å². The maximum atomic E-state index is 12.6. The molecule has 1 heterocycles. The van der Waals surface area contributed by atoms with Crippen LogP contribution < -0.4 is 10.1 Å². The number of anilines is 1. The Morgan fingerprint density at radius 3 is 2.47 bits per heavy atom. The summed E-state index contributed by atoms with van der Waals surface area (Å²) in [6.07, 6.45) is 0. The zero-order chi connectivity index (χ0) is 21.7. The smallest absolute Gasteiger partial charge is 0.257 e. The standard InChI is InChI=1S/C24H29N3O2S/c1-24(2,3)18-12-10-17(11-13-18)22(28)26-23-25-20(16-30-23)19-8-6-7-9-21(19)29-15-14-27(4)5/h6-13,16H,14-15H2,1-5H3,(H,25,26,28). The van der Waals surface area contributed by atoms with Crippen LogP contribution in [0.3, 0.4) is 0 Å². The molecular weight excluding hydrogens is 394 g/mol. The molecule has 3 aromatic rings. The second-order valence-electron chi connectivity index (χ2n) is 8.47. The highest BCUT2D eigenvalue weighted by molar-refractivity contribution is 7.14. The van der Waals surface area contributed by atoms with Gasteiger partial charge in [-0.2, -0.15) is 0 Å². The first-order chi connectivity index (χ1) is 14.2. The SMILES string of the molecule is CN(C)CCOc1ccccc1-c1csc(NC(=O)c2ccc(C(C)(C)C)cc2)n1. The number of nitrogens with one attached hydrogen (secondary N) is 1. The molecule has 0 bridgehead atoms. The molecule has 0 unspecified atom stereocenters. The number of hydrogen-bond acceptors (Lipinski definition) is 5. The van der Waals surface area contributed by atoms with Gasteiger partial charge in [0.05, 0.1) is 5.69 Å². The predicted molar refractivity (Wildman–Crippen MR) is 125 cm³/mol. The molecule has 0 aliphatic carbocycles. The van der Waals surface area contributed by atoms with Gasteiger partial charge in [-0.3, -0.25) is 10.1 Å². The summed E-state index contributed by atoms with van der Waals surface area (Å²) in [4.78, 5) is 19.3. The molecular formula is C24H29N3O2S. The number of thiazole rings is 1. The summed E-state index contributed by atoms with van der Waals surface area (Å²) in [5.41, 5.74) is 3.58. The molecule has 1 aromatic heterocycles. The summed E-state index contributed by atoms with van der Waals surface area (Å²) in [5.74, 6) is 0.632. The molecule has 0 radical (unpaired) electrons. The first kappa shape index (κ1) is 22.0. The molecule has 0 aliphatic rings. The van der Waals surface area contributed by atoms with E-state index in [4.69, 9.17) is 4.74 Å². The summed E-state index contributed by atoms with van der Waals surface area (Å²) in [6, 6.07) is 15.6. The highest BCUT2D eigenvalue weighted by atomic mass is 32.1. The van der Waals surface area contributed by atoms with E-state index in [1.54, 1.807) is 0 Å². The third kappa shape index (κ3) is 5.68. The topological polar surface area (TPSA) is 54.5 Å². The van der Waals surface area contributed by atoms with Gasteiger partial charge in [-0.05, 0) is 49.3 Å². The number of rotatable bonds is 7. The Balaban J connectivity index is 1.70. The van der Waals surface area contributed by atoms with Crippen LogP contribution in [-0.4, -0.2) is 43.0 Å². The average molecular weight is 424 g/mol. The first-order valence-corrected chi connectivity index (χ1v) is 10.9. The minimum absolute atomic E-state index is 0.0568. The monoisotopic (exact) mass is 423 g/mol. The van der Waals surface area contributed by atoms with E-state index in [0.717, 1.165) is 23.6 Å². The molecule has 0 saturated heterocycles. The summed E-state index contributed by atoms with van der Waals surface area (Å²) in [6.45, 7) is 7.90. The van der Waals surface area contributed by atoms with Crippen LogP contribution in [0.2, 0.25) is 0 Å². The van der Waals surface area contributed by atoms with E-state index < -0.39 is 0 Å². The molecule has 0 aliphatic heterocycles. The Morgan fingerprint density at radius 2 is 1.80 bits per heavy atom. The number of nitrogens with zero attached hydrogens (tertiary/aromatic N) is 2. The van der Waals surface area contributed by atoms with E-state index >= 15 is 0 Å². The third-order valence-corrected chi connectivity index (χ3v) is 5.45. The van der Waals surface area contributed by atoms with E-state index in [1.807, 2.05) is 68.0 Å². The van der Waals surface area contributed by atoms with Crippen molar-refractivity contribution >= 4 is 22.4 Å². The second kappa shape index (κ2) is 9.41. The number of ether oxygens (including phenoxy) is 1. The maximum absolute atomic E-state index is 12.6. The molecule has 0 saturated carbocycles. The molecule has 0 fully saturated rings. The second-order valence-corrected chi connectivity index (χ2v) is 9.33. The number of aromatic nitrogens is 1. The molecule has 158 valence electrons. The molecule has 6 heteroatoms. The van der Waals surface area contributed by atoms with Crippen LogP contribution in [0, 0.1) is 0 Å². The van der Waals surface area contributed by atoms with Gasteiger partial charge in [0, 0.05) is 23.1 Å². The lowest BCUT2D eigenvalue weighted by molar-refractivity contribution is 0.102. The number of amides is 1. The third-order valence-electron chi connectivity index (χ3n) is 4.70. The van der Waals surface area contributed by atoms with Crippen molar-refractivity contribution in [1.82, 2.24) is 9.88 Å². The lowest BCUT2D eigenvalue weighted by Gasteiger charge is -2.18. The van der Waals surface area contributed by atoms with Crippen molar-refractivity contribution in [2.75, 3.05) is 32.6 Å². The summed E-state index contributed by atoms with van der Waals surface area (Å²) in [5, 5.41) is 5.41. The predicted octanol–water partition coefficient (Wildman–Crippen LogP) is 5.30. The van der Waals surface area contributed by atoms with Gasteiger partial charge >= 0.3 is 0 Å². The Hall–Kier alpha value is -2.70. The Bertz CT molecular complexity index is 988. The fourth-order valence-corrected chi connectivity index (χ4v) is 3.59. The van der Waals surface area contributed by atoms with Gasteiger partial charge in [0.1, 0.15) is 12.4 Å². The Labute approximate surface area is 182 Å². The van der Waals surface area contributed by atoms with Gasteiger partial charge in [0.25, 0.3) is 5.91 Å². The summed E-state index contributed by atoms with van der Waals surface area (Å²) in [7, 11) is 4.03. The van der Waals surface area contributed by atoms with Gasteiger partial charge < -0.3 is 9.64 Å². The largest absolute Gasteiger partial charge is 0.492 e. The molecule has 0 spiro atoms. The highest BCUT2D eigenvalue weighted by Gasteiger charge is 2.16. The number of benzene rings is 2. The van der Waals surface area contributed by atoms with Crippen LogP contribution in [0.15, 0.2) is 53.9 Å². The number of hydrogen-bond donors (Lipinski definition) is 1. The fourth-order valence-electron chi connectivity index (χ4n) is 2.89. The van der Waals surface area contributed by atoms with E-state index in [1.165, 1.54) is 16.9 Å². The zero-order valence-corrected chi connectivity index (χ0v) is 19.0. The Kier molecular flexibility index (Phi) is 6.90. The highest BCUT2D eigenvalue weighted by Crippen LogP contribution is 2.32. The van der Waals surface area contributed by atoms with Crippen LogP contribution in [-0.2, 0) is 5.41 Å².